The molecule has 0 aromatic carbocycles. The van der Waals surface area contributed by atoms with Crippen LogP contribution >= 0.6 is 0 Å². The molecule has 88 valence electrons. The van der Waals surface area contributed by atoms with E-state index in [4.69, 9.17) is 0 Å². The number of carbonyl (C=O) groups excluding carboxylic acids is 1. The van der Waals surface area contributed by atoms with E-state index in [1.54, 1.807) is 6.92 Å². The molecule has 0 N–H and O–H groups in total. The fourth-order valence-electron chi connectivity index (χ4n) is 0.754. The van der Waals surface area contributed by atoms with Crippen LogP contribution in [0.2, 0.25) is 0 Å². The Labute approximate surface area is 89.7 Å². The van der Waals surface area contributed by atoms with E-state index in [1.807, 2.05) is 0 Å². The van der Waals surface area contributed by atoms with Crippen molar-refractivity contribution in [3.8, 4) is 5.75 Å². The van der Waals surface area contributed by atoms with E-state index in [0.717, 1.165) is 0 Å². The quantitative estimate of drug-likeness (QED) is 0.325. The maximum atomic E-state index is 12.6. The molecule has 1 aromatic heterocycles. The maximum absolute atomic E-state index is 12.6. The van der Waals surface area contributed by atoms with Crippen molar-refractivity contribution in [2.45, 2.75) is 13.8 Å². The summed E-state index contributed by atoms with van der Waals surface area (Å²) >= 11 is 0. The molecule has 8 heteroatoms. The number of aromatic nitrogens is 1. The molecule has 1 aromatic rings. The van der Waals surface area contributed by atoms with Crippen molar-refractivity contribution in [2.75, 3.05) is 0 Å². The van der Waals surface area contributed by atoms with Gasteiger partial charge in [0.1, 0.15) is 5.75 Å². The van der Waals surface area contributed by atoms with Crippen molar-refractivity contribution < 1.29 is 26.9 Å². The van der Waals surface area contributed by atoms with E-state index in [9.17, 15) is 22.1 Å². The summed E-state index contributed by atoms with van der Waals surface area (Å²) in [5.41, 5.74) is 0.355. The number of rotatable bonds is 1. The molecule has 0 unspecified atom stereocenters. The second-order valence-electron chi connectivity index (χ2n) is 2.62. The van der Waals surface area contributed by atoms with Crippen LogP contribution < -0.4 is 4.74 Å². The minimum Gasteiger partial charge on any atom is -0.425 e. The predicted molar refractivity (Wildman–Crippen MR) is 49.3 cm³/mol. The average Bonchev–Trinajstić information content (AvgIpc) is 2.09. The summed E-state index contributed by atoms with van der Waals surface area (Å²) in [6.45, 7) is 2.83. The number of pyridine rings is 1. The van der Waals surface area contributed by atoms with Crippen LogP contribution in [0.5, 0.6) is 5.75 Å². The van der Waals surface area contributed by atoms with Gasteiger partial charge in [0.2, 0.25) is 5.95 Å². The molecule has 1 heterocycles. The Kier molecular flexibility index (Phi) is 6.13. The molecule has 0 saturated heterocycles. The van der Waals surface area contributed by atoms with E-state index < -0.39 is 19.5 Å². The van der Waals surface area contributed by atoms with Crippen molar-refractivity contribution in [1.29, 1.82) is 0 Å². The zero-order chi connectivity index (χ0) is 12.7. The summed E-state index contributed by atoms with van der Waals surface area (Å²) in [5, 5.41) is 0. The lowest BCUT2D eigenvalue weighted by Gasteiger charge is -2.00. The van der Waals surface area contributed by atoms with E-state index >= 15 is 0 Å². The van der Waals surface area contributed by atoms with Crippen molar-refractivity contribution >= 4 is 13.5 Å². The fraction of sp³-hybridized carbons (Fsp3) is 0.250. The zero-order valence-electron chi connectivity index (χ0n) is 8.51. The number of ether oxygens (including phenoxy) is 1. The van der Waals surface area contributed by atoms with Gasteiger partial charge in [0.25, 0.3) is 0 Å². The lowest BCUT2D eigenvalue weighted by Crippen LogP contribution is -2.02. The Balaban J connectivity index is 0.000000487. The van der Waals surface area contributed by atoms with Crippen molar-refractivity contribution in [3.63, 3.8) is 0 Å². The number of hydrogen-bond acceptors (Lipinski definition) is 3. The Morgan fingerprint density at radius 3 is 2.31 bits per heavy atom. The minimum atomic E-state index is -3.67. The first-order valence-corrected chi connectivity index (χ1v) is 4.05. The Hall–Kier alpha value is -1.60. The van der Waals surface area contributed by atoms with Crippen LogP contribution in [-0.2, 0) is 4.79 Å². The summed E-state index contributed by atoms with van der Waals surface area (Å²) in [6, 6.07) is 1.42. The van der Waals surface area contributed by atoms with Gasteiger partial charge < -0.3 is 4.74 Å². The Morgan fingerprint density at radius 2 is 1.94 bits per heavy atom. The van der Waals surface area contributed by atoms with Gasteiger partial charge in [-0.25, -0.2) is 4.98 Å². The second kappa shape index (κ2) is 6.81. The van der Waals surface area contributed by atoms with Gasteiger partial charge >= 0.3 is 13.5 Å². The predicted octanol–water partition coefficient (Wildman–Crippen LogP) is 2.33. The number of carbonyl (C=O) groups is 1. The molecule has 0 fully saturated rings. The van der Waals surface area contributed by atoms with Gasteiger partial charge in [-0.2, -0.15) is 4.39 Å². The molecule has 0 radical (unpaired) electrons. The molecule has 0 saturated carbocycles. The van der Waals surface area contributed by atoms with Gasteiger partial charge in [-0.3, -0.25) is 17.7 Å². The largest absolute Gasteiger partial charge is 0.762 e. The summed E-state index contributed by atoms with van der Waals surface area (Å²) < 4.78 is 46.3. The molecule has 3 nitrogen and oxygen atoms in total. The second-order valence-corrected chi connectivity index (χ2v) is 2.62. The van der Waals surface area contributed by atoms with E-state index in [2.05, 4.69) is 9.72 Å². The molecule has 1 rings (SSSR count). The monoisotopic (exact) mass is 237 g/mol. The number of esters is 1. The molecule has 0 spiro atoms. The Bertz CT molecular complexity index is 359. The molecule has 0 aliphatic carbocycles. The zero-order valence-corrected chi connectivity index (χ0v) is 8.51. The standard InChI is InChI=1S/C8H8FNO2.BF3/c1-5-3-7(12-6(2)11)4-10-8(5)9;2-1(3)4/h3-4H,1-2H3;. The molecular formula is C8H8BF4NO2. The summed E-state index contributed by atoms with van der Waals surface area (Å²) in [7, 11) is -3.67. The molecular weight excluding hydrogens is 229 g/mol. The van der Waals surface area contributed by atoms with Crippen LogP contribution in [0, 0.1) is 12.9 Å². The third kappa shape index (κ3) is 6.80. The van der Waals surface area contributed by atoms with Crippen LogP contribution in [0.25, 0.3) is 0 Å². The van der Waals surface area contributed by atoms with Gasteiger partial charge in [-0.1, -0.05) is 0 Å². The summed E-state index contributed by atoms with van der Waals surface area (Å²) in [6.07, 6.45) is 1.17. The smallest absolute Gasteiger partial charge is 0.425 e. The molecule has 0 aliphatic rings. The average molecular weight is 237 g/mol. The highest BCUT2D eigenvalue weighted by atomic mass is 19.4. The number of hydrogen-bond donors (Lipinski definition) is 0. The first-order valence-electron chi connectivity index (χ1n) is 4.05. The van der Waals surface area contributed by atoms with E-state index in [1.165, 1.54) is 19.2 Å². The highest BCUT2D eigenvalue weighted by Gasteiger charge is 2.06. The summed E-state index contributed by atoms with van der Waals surface area (Å²) in [5.74, 6) is -0.727. The minimum absolute atomic E-state index is 0.265. The number of nitrogens with zero attached hydrogens (tertiary/aromatic N) is 1. The molecule has 0 aliphatic heterocycles. The van der Waals surface area contributed by atoms with Gasteiger partial charge in [-0.05, 0) is 13.0 Å². The van der Waals surface area contributed by atoms with Crippen molar-refractivity contribution in [3.05, 3.63) is 23.8 Å². The van der Waals surface area contributed by atoms with Crippen molar-refractivity contribution in [2.24, 2.45) is 0 Å². The van der Waals surface area contributed by atoms with Crippen LogP contribution in [0.1, 0.15) is 12.5 Å². The molecule has 0 amide bonds. The highest BCUT2D eigenvalue weighted by molar-refractivity contribution is 6.33. The third-order valence-electron chi connectivity index (χ3n) is 1.25. The van der Waals surface area contributed by atoms with Gasteiger partial charge in [0.05, 0.1) is 6.20 Å². The fourth-order valence-corrected chi connectivity index (χ4v) is 0.754. The normalized spacial score (nSPS) is 8.88. The maximum Gasteiger partial charge on any atom is 0.762 e. The molecule has 0 atom stereocenters. The summed E-state index contributed by atoms with van der Waals surface area (Å²) in [4.78, 5) is 13.9. The van der Waals surface area contributed by atoms with Crippen molar-refractivity contribution in [1.82, 2.24) is 4.98 Å². The Morgan fingerprint density at radius 1 is 1.44 bits per heavy atom. The lowest BCUT2D eigenvalue weighted by molar-refractivity contribution is -0.131. The first kappa shape index (κ1) is 14.4. The van der Waals surface area contributed by atoms with Crippen LogP contribution in [0.3, 0.4) is 0 Å². The van der Waals surface area contributed by atoms with E-state index in [0.29, 0.717) is 5.56 Å². The SMILES string of the molecule is CC(=O)Oc1cnc(F)c(C)c1.FB(F)F. The van der Waals surface area contributed by atoms with Gasteiger partial charge in [-0.15, -0.1) is 0 Å². The van der Waals surface area contributed by atoms with Crippen LogP contribution in [-0.4, -0.2) is 18.5 Å². The first-order chi connectivity index (χ1) is 7.32. The third-order valence-corrected chi connectivity index (χ3v) is 1.25. The topological polar surface area (TPSA) is 39.2 Å². The van der Waals surface area contributed by atoms with Crippen LogP contribution in [0.4, 0.5) is 17.3 Å². The van der Waals surface area contributed by atoms with Crippen LogP contribution in [0.15, 0.2) is 12.3 Å². The highest BCUT2D eigenvalue weighted by Crippen LogP contribution is 2.12. The van der Waals surface area contributed by atoms with E-state index in [-0.39, 0.29) is 5.75 Å². The van der Waals surface area contributed by atoms with Gasteiger partial charge in [0.15, 0.2) is 0 Å². The number of halogens is 4. The molecule has 0 bridgehead atoms. The molecule has 16 heavy (non-hydrogen) atoms. The van der Waals surface area contributed by atoms with Gasteiger partial charge in [0, 0.05) is 12.5 Å². The number of aryl methyl sites for hydroxylation is 1. The lowest BCUT2D eigenvalue weighted by atomic mass is 10.3.